The van der Waals surface area contributed by atoms with E-state index >= 15 is 0 Å². The molecule has 0 aromatic rings. The van der Waals surface area contributed by atoms with Crippen molar-refractivity contribution in [3.63, 3.8) is 0 Å². The summed E-state index contributed by atoms with van der Waals surface area (Å²) in [6.07, 6.45) is 6.90. The van der Waals surface area contributed by atoms with Crippen LogP contribution in [-0.4, -0.2) is 176 Å². The number of unbranched alkanes of at least 4 members (excludes halogenated alkanes) is 5. The Morgan fingerprint density at radius 1 is 0.554 bits per heavy atom. The van der Waals surface area contributed by atoms with E-state index in [1.165, 1.54) is 25.7 Å². The largest absolute Gasteiger partial charge is 0.481 e. The van der Waals surface area contributed by atoms with Crippen molar-refractivity contribution >= 4 is 82.5 Å². The topological polar surface area (TPSA) is 483 Å². The van der Waals surface area contributed by atoms with Gasteiger partial charge in [0.05, 0.1) is 42.5 Å². The van der Waals surface area contributed by atoms with Crippen LogP contribution < -0.4 is 65.5 Å². The number of allylic oxidation sites excluding steroid dienone is 2. The van der Waals surface area contributed by atoms with Crippen LogP contribution in [0.5, 0.6) is 0 Å². The van der Waals surface area contributed by atoms with Gasteiger partial charge in [0.25, 0.3) is 0 Å². The fraction of sp³-hybridized carbons (Fsp3) is 0.746. The van der Waals surface area contributed by atoms with E-state index in [4.69, 9.17) is 22.9 Å². The Hall–Kier alpha value is -7.40. The number of carboxylic acid groups (broad SMARTS) is 1. The first-order valence-corrected chi connectivity index (χ1v) is 32.3. The van der Waals surface area contributed by atoms with Crippen LogP contribution in [0.15, 0.2) is 12.2 Å². The van der Waals surface area contributed by atoms with E-state index in [0.29, 0.717) is 51.5 Å². The summed E-state index contributed by atoms with van der Waals surface area (Å²) < 4.78 is 0. The first-order chi connectivity index (χ1) is 42.9. The summed E-state index contributed by atoms with van der Waals surface area (Å²) in [5.41, 5.74) is 19.2. The molecule has 0 bridgehead atoms. The van der Waals surface area contributed by atoms with Crippen molar-refractivity contribution in [3.8, 4) is 0 Å². The number of nitrogens with one attached hydrogen (secondary N) is 8. The highest BCUT2D eigenvalue weighted by molar-refractivity contribution is 6.00. The molecule has 0 aliphatic carbocycles. The van der Waals surface area contributed by atoms with Crippen LogP contribution in [0, 0.1) is 17.8 Å². The number of rotatable bonds is 49. The Balaban J connectivity index is 6.49. The summed E-state index contributed by atoms with van der Waals surface area (Å²) in [6.45, 7) is 21.8. The van der Waals surface area contributed by atoms with Crippen molar-refractivity contribution in [3.05, 3.63) is 12.2 Å². The van der Waals surface area contributed by atoms with Gasteiger partial charge in [0.15, 0.2) is 11.6 Å². The maximum absolute atomic E-state index is 14.7. The maximum atomic E-state index is 14.7. The standard InChI is InChI=1S/C63H111N13O16/c1-14-18-19-26-31-68-62(12,61(92)75-51(36(5)6)58(89)71-43(33-47(65)80)53(84)38(8)17-4)29-24-22-20-21-23-25-30-63(13,41(11)78)76(32-15-2)60(91)45(35-49(82)83)73-59(90)52(37(7)16-3)74-54(85)39(9)69-56(87)44(34-48(66)81)72-55(86)42(27-28-46(64)79)70-57(88)50(67)40(10)77/h20-21,36-40,42-45,50-52,68,77H,14-19,22-35,67H2,1-13H3,(H2,64,79)(H2,65,80)(H2,66,81)(H,69,87)(H,70,88)(H,71,89)(H,72,86)(H,73,90)(H,74,85)(H,75,92)(H,82,83)/b21-20-/t37-,38?,39-,40+,42-,43-,44-,45-,50-,51-,52-,62-,63-/m0/s1. The molecule has 29 nitrogen and oxygen atoms in total. The number of nitrogens with two attached hydrogens (primary N) is 4. The van der Waals surface area contributed by atoms with Gasteiger partial charge in [0, 0.05) is 18.9 Å². The number of primary amides is 3. The minimum absolute atomic E-state index is 0.00813. The Bertz CT molecular complexity index is 2530. The number of nitrogens with zero attached hydrogens (tertiary/aromatic N) is 1. The third kappa shape index (κ3) is 29.9. The molecule has 0 aliphatic heterocycles. The normalized spacial score (nSPS) is 16.3. The molecule has 0 saturated heterocycles. The summed E-state index contributed by atoms with van der Waals surface area (Å²) in [6, 6.07) is -11.7. The summed E-state index contributed by atoms with van der Waals surface area (Å²) >= 11 is 0. The predicted molar refractivity (Wildman–Crippen MR) is 344 cm³/mol. The monoisotopic (exact) mass is 1310 g/mol. The number of aliphatic carboxylic acids is 1. The second-order valence-corrected chi connectivity index (χ2v) is 24.9. The number of carboxylic acids is 1. The number of carbonyl (C=O) groups excluding carboxylic acids is 13. The molecule has 0 aromatic heterocycles. The van der Waals surface area contributed by atoms with Crippen LogP contribution in [0.4, 0.5) is 0 Å². The lowest BCUT2D eigenvalue weighted by Crippen LogP contribution is -2.62. The summed E-state index contributed by atoms with van der Waals surface area (Å²) in [5, 5.41) is 40.7. The van der Waals surface area contributed by atoms with E-state index in [1.54, 1.807) is 55.4 Å². The highest BCUT2D eigenvalue weighted by Crippen LogP contribution is 2.27. The number of ketones is 2. The van der Waals surface area contributed by atoms with Gasteiger partial charge in [0.2, 0.25) is 65.0 Å². The van der Waals surface area contributed by atoms with Crippen molar-refractivity contribution in [2.45, 2.75) is 271 Å². The van der Waals surface area contributed by atoms with Crippen LogP contribution in [-0.2, 0) is 67.1 Å². The van der Waals surface area contributed by atoms with Gasteiger partial charge in [-0.3, -0.25) is 67.1 Å². The van der Waals surface area contributed by atoms with Crippen molar-refractivity contribution < 1.29 is 77.3 Å². The van der Waals surface area contributed by atoms with Gasteiger partial charge in [0.1, 0.15) is 42.3 Å². The van der Waals surface area contributed by atoms with Gasteiger partial charge in [-0.25, -0.2) is 0 Å². The summed E-state index contributed by atoms with van der Waals surface area (Å²) in [4.78, 5) is 186. The summed E-state index contributed by atoms with van der Waals surface area (Å²) in [5.74, 6) is -13.4. The van der Waals surface area contributed by atoms with Gasteiger partial charge in [-0.15, -0.1) is 0 Å². The smallest absolute Gasteiger partial charge is 0.305 e. The molecule has 29 heteroatoms. The molecule has 0 rings (SSSR count). The quantitative estimate of drug-likeness (QED) is 0.0288. The van der Waals surface area contributed by atoms with Crippen LogP contribution >= 0.6 is 0 Å². The molecule has 0 fully saturated rings. The Morgan fingerprint density at radius 3 is 1.59 bits per heavy atom. The number of amides is 11. The molecule has 18 N–H and O–H groups in total. The SMILES string of the molecule is CCCCCCN[C@@](C)(CCC/C=C\CCC[C@@](C)(C(C)=O)N(CCC)C(=O)[C@H](CC(=O)O)NC(=O)[C@@H](NC(=O)[C@H](C)NC(=O)[C@H](CC(N)=O)NC(=O)[C@H](CCC(N)=O)NC(=O)[C@@H](N)[C@@H](C)O)[C@@H](C)CC)C(=O)N[C@H](C(=O)N[C@@H](CC(N)=O)C(=O)C(C)CC)C(C)C. The molecule has 0 radical (unpaired) electrons. The number of aliphatic hydroxyl groups excluding tert-OH is 1. The number of aliphatic hydroxyl groups is 1. The van der Waals surface area contributed by atoms with Gasteiger partial charge >= 0.3 is 5.97 Å². The van der Waals surface area contributed by atoms with Gasteiger partial charge in [-0.2, -0.15) is 0 Å². The van der Waals surface area contributed by atoms with E-state index in [9.17, 15) is 77.3 Å². The second kappa shape index (κ2) is 42.7. The van der Waals surface area contributed by atoms with E-state index in [-0.39, 0.29) is 38.0 Å². The third-order valence-electron chi connectivity index (χ3n) is 16.5. The third-order valence-corrected chi connectivity index (χ3v) is 16.5. The van der Waals surface area contributed by atoms with Crippen LogP contribution in [0.1, 0.15) is 206 Å². The van der Waals surface area contributed by atoms with Gasteiger partial charge < -0.3 is 80.6 Å². The average Bonchev–Trinajstić information content (AvgIpc) is 0.835. The molecule has 0 heterocycles. The van der Waals surface area contributed by atoms with Crippen molar-refractivity contribution in [1.82, 2.24) is 47.4 Å². The number of Topliss-reactive ketones (excluding diaryl/α,β-unsaturated/α-hetero) is 2. The Labute approximate surface area is 542 Å². The molecule has 11 amide bonds. The van der Waals surface area contributed by atoms with E-state index in [2.05, 4.69) is 49.5 Å². The van der Waals surface area contributed by atoms with Gasteiger partial charge in [-0.05, 0) is 117 Å². The minimum atomic E-state index is -1.76. The highest BCUT2D eigenvalue weighted by Gasteiger charge is 2.44. The summed E-state index contributed by atoms with van der Waals surface area (Å²) in [7, 11) is 0. The highest BCUT2D eigenvalue weighted by atomic mass is 16.4. The van der Waals surface area contributed by atoms with Gasteiger partial charge in [-0.1, -0.05) is 93.2 Å². The van der Waals surface area contributed by atoms with Crippen LogP contribution in [0.25, 0.3) is 0 Å². The molecular weight excluding hydrogens is 1190 g/mol. The molecule has 524 valence electrons. The molecule has 92 heavy (non-hydrogen) atoms. The molecule has 1 unspecified atom stereocenters. The molecule has 0 spiro atoms. The van der Waals surface area contributed by atoms with Crippen LogP contribution in [0.3, 0.4) is 0 Å². The van der Waals surface area contributed by atoms with Crippen LogP contribution in [0.2, 0.25) is 0 Å². The lowest BCUT2D eigenvalue weighted by atomic mass is 9.87. The Morgan fingerprint density at radius 2 is 1.09 bits per heavy atom. The first-order valence-electron chi connectivity index (χ1n) is 32.3. The van der Waals surface area contributed by atoms with E-state index in [0.717, 1.165) is 25.7 Å². The Kier molecular flexibility index (Phi) is 39.2. The molecule has 0 aliphatic rings. The lowest BCUT2D eigenvalue weighted by molar-refractivity contribution is -0.151. The van der Waals surface area contributed by atoms with Crippen molar-refractivity contribution in [1.29, 1.82) is 0 Å². The minimum Gasteiger partial charge on any atom is -0.481 e. The number of carbonyl (C=O) groups is 14. The zero-order chi connectivity index (χ0) is 70.8. The number of hydrogen-bond donors (Lipinski definition) is 14. The molecular formula is C63H111N13O16. The lowest BCUT2D eigenvalue weighted by Gasteiger charge is -2.41. The zero-order valence-electron chi connectivity index (χ0n) is 56.6. The second-order valence-electron chi connectivity index (χ2n) is 24.9. The zero-order valence-corrected chi connectivity index (χ0v) is 56.6. The maximum Gasteiger partial charge on any atom is 0.305 e. The fourth-order valence-electron chi connectivity index (χ4n) is 9.87. The molecule has 0 aromatic carbocycles. The first kappa shape index (κ1) is 84.6. The number of hydrogen-bond acceptors (Lipinski definition) is 17. The van der Waals surface area contributed by atoms with E-state index in [1.807, 2.05) is 19.1 Å². The van der Waals surface area contributed by atoms with Crippen molar-refractivity contribution in [2.75, 3.05) is 13.1 Å². The fourth-order valence-corrected chi connectivity index (χ4v) is 9.87. The predicted octanol–water partition coefficient (Wildman–Crippen LogP) is 0.328. The molecule has 13 atom stereocenters. The average molecular weight is 1310 g/mol. The van der Waals surface area contributed by atoms with Crippen molar-refractivity contribution in [2.24, 2.45) is 40.7 Å². The van der Waals surface area contributed by atoms with E-state index < -0.39 is 179 Å². The molecule has 0 saturated carbocycles.